The fraction of sp³-hybridized carbons (Fsp3) is 0.429. The maximum absolute atomic E-state index is 3.00. The molecule has 0 aliphatic heterocycles. The summed E-state index contributed by atoms with van der Waals surface area (Å²) >= 11 is -2.61. The third kappa shape index (κ3) is 6.65. The fourth-order valence-corrected chi connectivity index (χ4v) is 5.98. The number of hydrogen-bond acceptors (Lipinski definition) is 0. The van der Waals surface area contributed by atoms with Gasteiger partial charge in [-0.2, -0.15) is 0 Å². The van der Waals surface area contributed by atoms with Gasteiger partial charge in [0.25, 0.3) is 0 Å². The van der Waals surface area contributed by atoms with Gasteiger partial charge >= 0.3 is 68.8 Å². The van der Waals surface area contributed by atoms with Gasteiger partial charge in [0.1, 0.15) is 0 Å². The first-order valence-corrected chi connectivity index (χ1v) is 17.7. The standard InChI is InChI=1S/C5H5.2C2H4.5CH3.Ir/c1-2-4-5-3-1;2*1-2;;;;;;/h1-3H,4H2;2*1-2H2;5*1H3;. The van der Waals surface area contributed by atoms with Gasteiger partial charge in [-0.3, -0.25) is 0 Å². The van der Waals surface area contributed by atoms with E-state index in [4.69, 9.17) is 0 Å². The first kappa shape index (κ1) is 17.0. The summed E-state index contributed by atoms with van der Waals surface area (Å²) in [5.41, 5.74) is 12.4. The molecule has 0 saturated heterocycles. The van der Waals surface area contributed by atoms with Crippen molar-refractivity contribution in [2.24, 2.45) is 0 Å². The van der Waals surface area contributed by atoms with Crippen LogP contribution in [0.1, 0.15) is 6.42 Å². The predicted octanol–water partition coefficient (Wildman–Crippen LogP) is 5.90. The summed E-state index contributed by atoms with van der Waals surface area (Å²) in [6, 6.07) is 0. The molecule has 1 rings (SSSR count). The predicted molar refractivity (Wildman–Crippen MR) is 73.7 cm³/mol. The molecule has 0 aromatic heterocycles. The van der Waals surface area contributed by atoms with Crippen LogP contribution in [0.3, 0.4) is 0 Å². The van der Waals surface area contributed by atoms with E-state index in [0.29, 0.717) is 0 Å². The molecule has 0 spiro atoms. The second-order valence-corrected chi connectivity index (χ2v) is 36.9. The second kappa shape index (κ2) is 4.63. The Morgan fingerprint density at radius 3 is 1.47 bits per heavy atom. The van der Waals surface area contributed by atoms with Crippen LogP contribution in [0.5, 0.6) is 0 Å². The molecule has 0 nitrogen and oxygen atoms in total. The van der Waals surface area contributed by atoms with Crippen molar-refractivity contribution in [3.05, 3.63) is 48.6 Å². The molecule has 15 heavy (non-hydrogen) atoms. The van der Waals surface area contributed by atoms with Crippen LogP contribution in [0.25, 0.3) is 0 Å². The Morgan fingerprint density at radius 1 is 0.933 bits per heavy atom. The molecule has 0 radical (unpaired) electrons. The molecule has 0 bridgehead atoms. The third-order valence-electron chi connectivity index (χ3n) is 1.78. The van der Waals surface area contributed by atoms with E-state index in [1.165, 1.54) is 6.42 Å². The van der Waals surface area contributed by atoms with Crippen LogP contribution in [0.2, 0.25) is 27.2 Å². The Labute approximate surface area is 95.1 Å². The van der Waals surface area contributed by atoms with Gasteiger partial charge in [-0.25, -0.2) is 0 Å². The van der Waals surface area contributed by atoms with E-state index < -0.39 is 12.9 Å². The molecule has 0 aromatic rings. The molecule has 0 unspecified atom stereocenters. The van der Waals surface area contributed by atoms with Crippen LogP contribution >= 0.6 is 0 Å². The van der Waals surface area contributed by atoms with Gasteiger partial charge in [-0.1, -0.05) is 0 Å². The van der Waals surface area contributed by atoms with Crippen LogP contribution in [-0.2, 0) is 12.9 Å². The molecular formula is C14H28Ir. The van der Waals surface area contributed by atoms with Gasteiger partial charge in [-0.05, 0) is 0 Å². The van der Waals surface area contributed by atoms with Crippen LogP contribution in [0.4, 0.5) is 0 Å². The monoisotopic (exact) mass is 389 g/mol. The molecule has 0 heterocycles. The van der Waals surface area contributed by atoms with Crippen molar-refractivity contribution in [2.45, 2.75) is 33.6 Å². The summed E-state index contributed by atoms with van der Waals surface area (Å²) in [5, 5.41) is 0. The summed E-state index contributed by atoms with van der Waals surface area (Å²) in [7, 11) is 0. The first-order chi connectivity index (χ1) is 6.59. The van der Waals surface area contributed by atoms with E-state index in [0.717, 1.165) is 0 Å². The van der Waals surface area contributed by atoms with Crippen LogP contribution in [0, 0.1) is 0 Å². The minimum absolute atomic E-state index is 1.20. The Morgan fingerprint density at radius 2 is 1.33 bits per heavy atom. The van der Waals surface area contributed by atoms with Crippen LogP contribution in [0.15, 0.2) is 48.6 Å². The van der Waals surface area contributed by atoms with Crippen molar-refractivity contribution < 1.29 is 12.9 Å². The van der Waals surface area contributed by atoms with Gasteiger partial charge in [0.2, 0.25) is 0 Å². The van der Waals surface area contributed by atoms with Crippen molar-refractivity contribution >= 4 is 0 Å². The van der Waals surface area contributed by atoms with E-state index in [1.54, 1.807) is 4.09 Å². The second-order valence-electron chi connectivity index (χ2n) is 5.38. The zero-order chi connectivity index (χ0) is 12.8. The SMILES string of the molecule is C=C.C=C.[CH3][Ir]([CH3])([CH3])([CH3])([CH3])[C]1=CC=CC1. The molecule has 93 valence electrons. The van der Waals surface area contributed by atoms with Crippen LogP contribution < -0.4 is 0 Å². The fourth-order valence-electron chi connectivity index (χ4n) is 1.03. The third-order valence-corrected chi connectivity index (χ3v) is 10.4. The zero-order valence-corrected chi connectivity index (χ0v) is 13.5. The Hall–Kier alpha value is -0.391. The van der Waals surface area contributed by atoms with Crippen molar-refractivity contribution in [1.29, 1.82) is 0 Å². The normalized spacial score (nSPS) is 18.3. The summed E-state index contributed by atoms with van der Waals surface area (Å²) in [6.07, 6.45) is 7.98. The summed E-state index contributed by atoms with van der Waals surface area (Å²) < 4.78 is 1.70. The van der Waals surface area contributed by atoms with E-state index in [2.05, 4.69) is 71.7 Å². The molecule has 0 atom stereocenters. The molecular weight excluding hydrogens is 360 g/mol. The van der Waals surface area contributed by atoms with Crippen molar-refractivity contribution in [3.63, 3.8) is 0 Å². The van der Waals surface area contributed by atoms with Crippen molar-refractivity contribution in [2.75, 3.05) is 0 Å². The van der Waals surface area contributed by atoms with Gasteiger partial charge in [0.05, 0.1) is 0 Å². The number of allylic oxidation sites excluding steroid dienone is 4. The molecule has 0 aromatic carbocycles. The molecule has 1 aliphatic carbocycles. The van der Waals surface area contributed by atoms with Gasteiger partial charge in [0.15, 0.2) is 0 Å². The average molecular weight is 389 g/mol. The van der Waals surface area contributed by atoms with Crippen molar-refractivity contribution in [1.82, 2.24) is 0 Å². The van der Waals surface area contributed by atoms with E-state index in [-0.39, 0.29) is 0 Å². The molecule has 1 heteroatoms. The van der Waals surface area contributed by atoms with Crippen molar-refractivity contribution in [3.8, 4) is 0 Å². The topological polar surface area (TPSA) is 0 Å². The van der Waals surface area contributed by atoms with E-state index >= 15 is 0 Å². The van der Waals surface area contributed by atoms with E-state index in [9.17, 15) is 0 Å². The first-order valence-electron chi connectivity index (χ1n) is 4.55. The quantitative estimate of drug-likeness (QED) is 0.491. The minimum atomic E-state index is -2.61. The Bertz CT molecular complexity index is 256. The molecule has 0 saturated carbocycles. The summed E-state index contributed by atoms with van der Waals surface area (Å²) in [4.78, 5) is 0. The molecule has 0 amide bonds. The number of hydrogen-bond donors (Lipinski definition) is 0. The van der Waals surface area contributed by atoms with E-state index in [1.807, 2.05) is 0 Å². The van der Waals surface area contributed by atoms with Crippen LogP contribution in [-0.4, -0.2) is 0 Å². The zero-order valence-electron chi connectivity index (χ0n) is 11.1. The molecule has 0 N–H and O–H groups in total. The Balaban J connectivity index is 0. The van der Waals surface area contributed by atoms with Gasteiger partial charge < -0.3 is 0 Å². The average Bonchev–Trinajstić information content (AvgIpc) is 2.60. The molecule has 1 aliphatic rings. The summed E-state index contributed by atoms with van der Waals surface area (Å²) in [6.45, 7) is 12.0. The number of rotatable bonds is 1. The summed E-state index contributed by atoms with van der Waals surface area (Å²) in [5.74, 6) is 0. The van der Waals surface area contributed by atoms with Gasteiger partial charge in [-0.15, -0.1) is 26.3 Å². The van der Waals surface area contributed by atoms with Gasteiger partial charge in [0, 0.05) is 0 Å². The molecule has 0 fully saturated rings. The Kier molecular flexibility index (Phi) is 5.26. The maximum atomic E-state index is 3.00.